The van der Waals surface area contributed by atoms with E-state index in [1.807, 2.05) is 89.3 Å². The maximum atomic E-state index is 14.2. The maximum Gasteiger partial charge on any atom is 0.410 e. The minimum absolute atomic E-state index is 0.0299. The number of ether oxygens (including phenoxy) is 3. The smallest absolute Gasteiger partial charge is 0.410 e. The van der Waals surface area contributed by atoms with Crippen molar-refractivity contribution < 1.29 is 28.6 Å². The quantitative estimate of drug-likeness (QED) is 0.166. The molecule has 0 radical (unpaired) electrons. The molecule has 0 atom stereocenters. The van der Waals surface area contributed by atoms with Gasteiger partial charge in [-0.3, -0.25) is 4.90 Å². The normalized spacial score (nSPS) is 19.2. The molecule has 1 aromatic rings. The molecule has 2 saturated heterocycles. The van der Waals surface area contributed by atoms with Gasteiger partial charge in [0.05, 0.1) is 0 Å². The van der Waals surface area contributed by atoms with Gasteiger partial charge in [-0.1, -0.05) is 51.4 Å². The number of anilines is 2. The lowest BCUT2D eigenvalue weighted by Gasteiger charge is -2.41. The van der Waals surface area contributed by atoms with Crippen LogP contribution in [0.1, 0.15) is 165 Å². The van der Waals surface area contributed by atoms with Gasteiger partial charge >= 0.3 is 18.3 Å². The van der Waals surface area contributed by atoms with E-state index in [2.05, 4.69) is 14.7 Å². The summed E-state index contributed by atoms with van der Waals surface area (Å²) in [4.78, 5) is 64.4. The summed E-state index contributed by atoms with van der Waals surface area (Å²) in [6.45, 7) is 23.9. The summed E-state index contributed by atoms with van der Waals surface area (Å²) in [6, 6.07) is 2.25. The molecule has 352 valence electrons. The first-order chi connectivity index (χ1) is 29.3. The van der Waals surface area contributed by atoms with Crippen molar-refractivity contribution >= 4 is 30.0 Å². The van der Waals surface area contributed by atoms with Crippen molar-refractivity contribution in [2.75, 3.05) is 75.2 Å². The summed E-state index contributed by atoms with van der Waals surface area (Å²) in [5.41, 5.74) is -1.87. The summed E-state index contributed by atoms with van der Waals surface area (Å²) in [7, 11) is 0. The van der Waals surface area contributed by atoms with E-state index in [-0.39, 0.29) is 36.4 Å². The van der Waals surface area contributed by atoms with Crippen molar-refractivity contribution in [2.24, 2.45) is 0 Å². The molecule has 0 aromatic carbocycles. The van der Waals surface area contributed by atoms with Gasteiger partial charge in [0.25, 0.3) is 0 Å². The average Bonchev–Trinajstić information content (AvgIpc) is 3.50. The molecule has 3 amide bonds. The highest BCUT2D eigenvalue weighted by atomic mass is 16.6. The Balaban J connectivity index is 1.34. The van der Waals surface area contributed by atoms with E-state index in [0.717, 1.165) is 102 Å². The molecule has 2 aliphatic heterocycles. The molecule has 14 nitrogen and oxygen atoms in total. The topological polar surface area (TPSA) is 124 Å². The lowest BCUT2D eigenvalue weighted by atomic mass is 9.94. The minimum atomic E-state index is -0.654. The molecule has 4 aliphatic rings. The number of carbonyl (C=O) groups is 3. The number of amides is 3. The van der Waals surface area contributed by atoms with Crippen LogP contribution >= 0.6 is 0 Å². The van der Waals surface area contributed by atoms with Gasteiger partial charge in [-0.25, -0.2) is 19.4 Å². The van der Waals surface area contributed by atoms with Crippen LogP contribution in [0.15, 0.2) is 12.3 Å². The Morgan fingerprint density at radius 2 is 0.887 bits per heavy atom. The van der Waals surface area contributed by atoms with E-state index in [9.17, 15) is 14.4 Å². The zero-order valence-electron chi connectivity index (χ0n) is 40.3. The molecule has 0 unspecified atom stereocenters. The van der Waals surface area contributed by atoms with Crippen molar-refractivity contribution in [1.29, 1.82) is 0 Å². The Kier molecular flexibility index (Phi) is 18.3. The summed E-state index contributed by atoms with van der Waals surface area (Å²) in [5, 5.41) is 0. The first-order valence-electron chi connectivity index (χ1n) is 24.4. The van der Waals surface area contributed by atoms with Gasteiger partial charge in [0, 0.05) is 89.8 Å². The fraction of sp³-hybridized carbons (Fsp3) is 0.854. The first kappa shape index (κ1) is 49.5. The van der Waals surface area contributed by atoms with Gasteiger partial charge < -0.3 is 38.7 Å². The number of hydrogen-bond acceptors (Lipinski definition) is 11. The highest BCUT2D eigenvalue weighted by Crippen LogP contribution is 2.28. The van der Waals surface area contributed by atoms with Crippen molar-refractivity contribution in [3.8, 4) is 0 Å². The molecular formula is C48H84N8O6. The Hall–Kier alpha value is -3.55. The first-order valence-corrected chi connectivity index (χ1v) is 24.4. The Bertz CT molecular complexity index is 1480. The van der Waals surface area contributed by atoms with Crippen molar-refractivity contribution in [1.82, 2.24) is 29.6 Å². The molecule has 14 heteroatoms. The fourth-order valence-electron chi connectivity index (χ4n) is 9.44. The van der Waals surface area contributed by atoms with Crippen LogP contribution in [0.3, 0.4) is 0 Å². The van der Waals surface area contributed by atoms with Crippen LogP contribution < -0.4 is 9.80 Å². The maximum absolute atomic E-state index is 14.2. The van der Waals surface area contributed by atoms with Crippen molar-refractivity contribution in [2.45, 2.75) is 200 Å². The molecule has 0 N–H and O–H groups in total. The molecule has 5 rings (SSSR count). The van der Waals surface area contributed by atoms with Crippen LogP contribution in [0.2, 0.25) is 0 Å². The number of hydrogen-bond donors (Lipinski definition) is 0. The van der Waals surface area contributed by atoms with Gasteiger partial charge in [-0.2, -0.15) is 4.98 Å². The molecule has 2 aliphatic carbocycles. The SMILES string of the molecule is CC(C)(C)OC(=O)N(CCN(CCN(C(=O)OC(C)(C)C)C1CCCCC1)CCN(C(=O)OC(C)(C)C)C1CCN(c2nccc(N3CCCCCC3)n2)CC1)C1CCCCC1. The number of rotatable bonds is 14. The van der Waals surface area contributed by atoms with Crippen molar-refractivity contribution in [3.63, 3.8) is 0 Å². The summed E-state index contributed by atoms with van der Waals surface area (Å²) >= 11 is 0. The lowest BCUT2D eigenvalue weighted by molar-refractivity contribution is 0.00410. The Labute approximate surface area is 374 Å². The summed E-state index contributed by atoms with van der Waals surface area (Å²) in [5.74, 6) is 1.75. The van der Waals surface area contributed by atoms with Gasteiger partial charge in [0.2, 0.25) is 5.95 Å². The summed E-state index contributed by atoms with van der Waals surface area (Å²) < 4.78 is 18.1. The van der Waals surface area contributed by atoms with Crippen LogP contribution in [0.4, 0.5) is 26.1 Å². The van der Waals surface area contributed by atoms with E-state index in [1.165, 1.54) is 38.5 Å². The third-order valence-corrected chi connectivity index (χ3v) is 12.6. The largest absolute Gasteiger partial charge is 0.444 e. The van der Waals surface area contributed by atoms with E-state index < -0.39 is 16.8 Å². The second kappa shape index (κ2) is 22.9. The van der Waals surface area contributed by atoms with Gasteiger partial charge in [0.1, 0.15) is 22.6 Å². The number of piperidine rings is 1. The van der Waals surface area contributed by atoms with E-state index in [0.29, 0.717) is 39.3 Å². The highest BCUT2D eigenvalue weighted by molar-refractivity contribution is 5.69. The van der Waals surface area contributed by atoms with Crippen LogP contribution in [-0.4, -0.2) is 148 Å². The second-order valence-corrected chi connectivity index (χ2v) is 21.3. The zero-order chi connectivity index (χ0) is 44.9. The summed E-state index contributed by atoms with van der Waals surface area (Å²) in [6.07, 6.45) is 18.1. The Morgan fingerprint density at radius 1 is 0.516 bits per heavy atom. The van der Waals surface area contributed by atoms with Gasteiger partial charge in [-0.05, 0) is 120 Å². The zero-order valence-corrected chi connectivity index (χ0v) is 40.3. The van der Waals surface area contributed by atoms with Crippen LogP contribution in [-0.2, 0) is 14.2 Å². The van der Waals surface area contributed by atoms with Crippen LogP contribution in [0.25, 0.3) is 0 Å². The molecule has 2 saturated carbocycles. The standard InChI is InChI=1S/C48H84N8O6/c1-46(2,3)60-43(57)54(38-20-14-12-15-21-38)35-32-51(33-36-55(39-22-16-13-17-23-39)44(58)61-47(4,5)6)34-37-56(45(59)62-48(7,8)9)40-25-30-53(31-26-40)42-49-27-24-41(50-42)52-28-18-10-11-19-29-52/h24,27,38-40H,10-23,25-26,28-37H2,1-9H3. The number of carbonyl (C=O) groups excluding carboxylic acids is 3. The molecule has 4 fully saturated rings. The monoisotopic (exact) mass is 869 g/mol. The van der Waals surface area contributed by atoms with Crippen molar-refractivity contribution in [3.05, 3.63) is 12.3 Å². The Morgan fingerprint density at radius 3 is 1.27 bits per heavy atom. The molecule has 0 spiro atoms. The molecule has 62 heavy (non-hydrogen) atoms. The molecule has 0 bridgehead atoms. The van der Waals surface area contributed by atoms with Gasteiger partial charge in [-0.15, -0.1) is 0 Å². The third-order valence-electron chi connectivity index (χ3n) is 12.6. The minimum Gasteiger partial charge on any atom is -0.444 e. The molecular weight excluding hydrogens is 785 g/mol. The van der Waals surface area contributed by atoms with E-state index >= 15 is 0 Å². The van der Waals surface area contributed by atoms with E-state index in [1.54, 1.807) is 0 Å². The van der Waals surface area contributed by atoms with Gasteiger partial charge in [0.15, 0.2) is 0 Å². The average molecular weight is 869 g/mol. The van der Waals surface area contributed by atoms with Crippen LogP contribution in [0, 0.1) is 0 Å². The predicted molar refractivity (Wildman–Crippen MR) is 247 cm³/mol. The number of nitrogens with zero attached hydrogens (tertiary/aromatic N) is 8. The van der Waals surface area contributed by atoms with Crippen LogP contribution in [0.5, 0.6) is 0 Å². The predicted octanol–water partition coefficient (Wildman–Crippen LogP) is 9.50. The molecule has 1 aromatic heterocycles. The van der Waals surface area contributed by atoms with E-state index in [4.69, 9.17) is 24.2 Å². The molecule has 3 heterocycles. The second-order valence-electron chi connectivity index (χ2n) is 21.3. The fourth-order valence-corrected chi connectivity index (χ4v) is 9.44. The number of aromatic nitrogens is 2. The highest BCUT2D eigenvalue weighted by Gasteiger charge is 2.35. The lowest BCUT2D eigenvalue weighted by Crippen LogP contribution is -2.53. The third kappa shape index (κ3) is 16.2.